The van der Waals surface area contributed by atoms with E-state index in [0.29, 0.717) is 28.9 Å². The van der Waals surface area contributed by atoms with Crippen molar-refractivity contribution in [1.82, 2.24) is 5.32 Å². The first-order valence-corrected chi connectivity index (χ1v) is 7.32. The molecule has 0 aliphatic rings. The fraction of sp³-hybridized carbons (Fsp3) is 0.333. The number of ether oxygens (including phenoxy) is 1. The van der Waals surface area contributed by atoms with Crippen molar-refractivity contribution in [2.75, 3.05) is 13.2 Å². The Morgan fingerprint density at radius 3 is 2.65 bits per heavy atom. The fourth-order valence-electron chi connectivity index (χ4n) is 1.96. The maximum Gasteiger partial charge on any atom is 0.139 e. The second-order valence-corrected chi connectivity index (χ2v) is 5.05. The highest BCUT2D eigenvalue weighted by Gasteiger charge is 2.15. The Bertz CT molecular complexity index is 581. The number of hydrogen-bond acceptors (Lipinski definition) is 3. The summed E-state index contributed by atoms with van der Waals surface area (Å²) in [4.78, 5) is 0. The predicted molar refractivity (Wildman–Crippen MR) is 82.7 cm³/mol. The van der Waals surface area contributed by atoms with Crippen LogP contribution in [0.3, 0.4) is 0 Å². The summed E-state index contributed by atoms with van der Waals surface area (Å²) < 4.78 is 10.9. The number of hydrogen-bond donors (Lipinski definition) is 1. The summed E-state index contributed by atoms with van der Waals surface area (Å²) in [5.74, 6) is 1.44. The molecule has 0 bridgehead atoms. The lowest BCUT2D eigenvalue weighted by atomic mass is 10.1. The molecule has 0 unspecified atom stereocenters. The molecule has 5 heteroatoms. The van der Waals surface area contributed by atoms with Crippen molar-refractivity contribution in [2.24, 2.45) is 0 Å². The minimum Gasteiger partial charge on any atom is -0.492 e. The lowest BCUT2D eigenvalue weighted by Gasteiger charge is -2.10. The van der Waals surface area contributed by atoms with Gasteiger partial charge >= 0.3 is 0 Å². The molecule has 0 saturated carbocycles. The Kier molecular flexibility index (Phi) is 5.35. The van der Waals surface area contributed by atoms with Gasteiger partial charge in [0.1, 0.15) is 11.5 Å². The van der Waals surface area contributed by atoms with Crippen LogP contribution >= 0.6 is 23.2 Å². The van der Waals surface area contributed by atoms with E-state index in [1.54, 1.807) is 12.3 Å². The number of benzene rings is 1. The molecule has 1 N–H and O–H groups in total. The van der Waals surface area contributed by atoms with Gasteiger partial charge in [-0.15, -0.1) is 0 Å². The molecule has 1 aromatic heterocycles. The van der Waals surface area contributed by atoms with Crippen LogP contribution in [0, 0.1) is 0 Å². The van der Waals surface area contributed by atoms with Gasteiger partial charge in [0.15, 0.2) is 0 Å². The summed E-state index contributed by atoms with van der Waals surface area (Å²) in [6.45, 7) is 6.02. The van der Waals surface area contributed by atoms with Crippen molar-refractivity contribution in [3.63, 3.8) is 0 Å². The highest BCUT2D eigenvalue weighted by atomic mass is 35.5. The van der Waals surface area contributed by atoms with E-state index >= 15 is 0 Å². The van der Waals surface area contributed by atoms with Crippen molar-refractivity contribution in [3.05, 3.63) is 40.3 Å². The first kappa shape index (κ1) is 15.2. The quantitative estimate of drug-likeness (QED) is 0.834. The zero-order valence-corrected chi connectivity index (χ0v) is 13.0. The molecule has 0 fully saturated rings. The molecule has 0 amide bonds. The molecule has 0 atom stereocenters. The van der Waals surface area contributed by atoms with Gasteiger partial charge in [0, 0.05) is 17.2 Å². The van der Waals surface area contributed by atoms with Gasteiger partial charge in [-0.2, -0.15) is 0 Å². The summed E-state index contributed by atoms with van der Waals surface area (Å²) in [5, 5.41) is 4.37. The largest absolute Gasteiger partial charge is 0.492 e. The number of rotatable bonds is 6. The first-order chi connectivity index (χ1) is 9.67. The minimum absolute atomic E-state index is 0.543. The van der Waals surface area contributed by atoms with Gasteiger partial charge in [0.05, 0.1) is 29.5 Å². The number of halogens is 2. The van der Waals surface area contributed by atoms with Crippen LogP contribution in [0.2, 0.25) is 10.0 Å². The second kappa shape index (κ2) is 7.02. The zero-order chi connectivity index (χ0) is 14.5. The SMILES string of the molecule is CCNCc1occc1-c1cc(Cl)c(OCC)cc1Cl. The van der Waals surface area contributed by atoms with Crippen LogP contribution in [-0.4, -0.2) is 13.2 Å². The van der Waals surface area contributed by atoms with Crippen molar-refractivity contribution < 1.29 is 9.15 Å². The van der Waals surface area contributed by atoms with E-state index in [1.165, 1.54) is 0 Å². The topological polar surface area (TPSA) is 34.4 Å². The van der Waals surface area contributed by atoms with Crippen LogP contribution in [0.4, 0.5) is 0 Å². The van der Waals surface area contributed by atoms with E-state index in [-0.39, 0.29) is 0 Å². The molecule has 2 aromatic rings. The van der Waals surface area contributed by atoms with Crippen LogP contribution in [0.15, 0.2) is 28.9 Å². The molecule has 108 valence electrons. The molecule has 0 spiro atoms. The molecular formula is C15H17Cl2NO2. The Labute approximate surface area is 128 Å². The van der Waals surface area contributed by atoms with Crippen LogP contribution in [-0.2, 0) is 6.54 Å². The summed E-state index contributed by atoms with van der Waals surface area (Å²) in [6, 6.07) is 5.45. The number of nitrogens with one attached hydrogen (secondary N) is 1. The van der Waals surface area contributed by atoms with Gasteiger partial charge in [-0.05, 0) is 25.6 Å². The molecule has 3 nitrogen and oxygen atoms in total. The Balaban J connectivity index is 2.38. The van der Waals surface area contributed by atoms with Gasteiger partial charge < -0.3 is 14.5 Å². The van der Waals surface area contributed by atoms with Gasteiger partial charge in [-0.25, -0.2) is 0 Å². The fourth-order valence-corrected chi connectivity index (χ4v) is 2.43. The van der Waals surface area contributed by atoms with Gasteiger partial charge in [0.2, 0.25) is 0 Å². The van der Waals surface area contributed by atoms with Gasteiger partial charge in [-0.1, -0.05) is 30.1 Å². The van der Waals surface area contributed by atoms with Crippen LogP contribution in [0.25, 0.3) is 11.1 Å². The predicted octanol–water partition coefficient (Wildman–Crippen LogP) is 4.76. The Hall–Kier alpha value is -1.16. The average Bonchev–Trinajstić information content (AvgIpc) is 2.88. The van der Waals surface area contributed by atoms with E-state index in [1.807, 2.05) is 26.0 Å². The maximum absolute atomic E-state index is 6.33. The summed E-state index contributed by atoms with van der Waals surface area (Å²) in [5.41, 5.74) is 1.79. The average molecular weight is 314 g/mol. The first-order valence-electron chi connectivity index (χ1n) is 6.56. The van der Waals surface area contributed by atoms with Gasteiger partial charge in [-0.3, -0.25) is 0 Å². The van der Waals surface area contributed by atoms with Crippen molar-refractivity contribution in [1.29, 1.82) is 0 Å². The summed E-state index contributed by atoms with van der Waals surface area (Å²) >= 11 is 12.6. The van der Waals surface area contributed by atoms with E-state index in [4.69, 9.17) is 32.4 Å². The third kappa shape index (κ3) is 3.29. The van der Waals surface area contributed by atoms with Gasteiger partial charge in [0.25, 0.3) is 0 Å². The highest BCUT2D eigenvalue weighted by molar-refractivity contribution is 6.36. The molecule has 1 aromatic carbocycles. The second-order valence-electron chi connectivity index (χ2n) is 4.23. The molecule has 0 radical (unpaired) electrons. The molecule has 20 heavy (non-hydrogen) atoms. The summed E-state index contributed by atoms with van der Waals surface area (Å²) in [7, 11) is 0. The lowest BCUT2D eigenvalue weighted by Crippen LogP contribution is -2.11. The molecule has 0 aliphatic carbocycles. The van der Waals surface area contributed by atoms with Crippen molar-refractivity contribution in [2.45, 2.75) is 20.4 Å². The van der Waals surface area contributed by atoms with E-state index in [9.17, 15) is 0 Å². The van der Waals surface area contributed by atoms with Crippen LogP contribution in [0.1, 0.15) is 19.6 Å². The van der Waals surface area contributed by atoms with E-state index < -0.39 is 0 Å². The molecular weight excluding hydrogens is 297 g/mol. The standard InChI is InChI=1S/C15H17Cl2NO2/c1-3-18-9-15-10(5-6-20-15)11-7-13(17)14(19-4-2)8-12(11)16/h5-8,18H,3-4,9H2,1-2H3. The van der Waals surface area contributed by atoms with E-state index in [0.717, 1.165) is 23.4 Å². The van der Waals surface area contributed by atoms with Crippen molar-refractivity contribution in [3.8, 4) is 16.9 Å². The number of furan rings is 1. The minimum atomic E-state index is 0.543. The third-order valence-corrected chi connectivity index (χ3v) is 3.50. The van der Waals surface area contributed by atoms with Crippen LogP contribution < -0.4 is 10.1 Å². The van der Waals surface area contributed by atoms with Crippen LogP contribution in [0.5, 0.6) is 5.75 Å². The monoisotopic (exact) mass is 313 g/mol. The van der Waals surface area contributed by atoms with E-state index in [2.05, 4.69) is 5.32 Å². The highest BCUT2D eigenvalue weighted by Crippen LogP contribution is 2.38. The smallest absolute Gasteiger partial charge is 0.139 e. The third-order valence-electron chi connectivity index (χ3n) is 2.89. The normalized spacial score (nSPS) is 10.8. The molecule has 0 aliphatic heterocycles. The zero-order valence-electron chi connectivity index (χ0n) is 11.5. The Morgan fingerprint density at radius 1 is 1.15 bits per heavy atom. The molecule has 1 heterocycles. The Morgan fingerprint density at radius 2 is 1.95 bits per heavy atom. The maximum atomic E-state index is 6.33. The molecule has 0 saturated heterocycles. The molecule has 2 rings (SSSR count). The lowest BCUT2D eigenvalue weighted by molar-refractivity contribution is 0.340. The summed E-state index contributed by atoms with van der Waals surface area (Å²) in [6.07, 6.45) is 1.66. The van der Waals surface area contributed by atoms with Crippen molar-refractivity contribution >= 4 is 23.2 Å².